The molecule has 1 heterocycles. The zero-order valence-electron chi connectivity index (χ0n) is 12.8. The maximum atomic E-state index is 10.3. The summed E-state index contributed by atoms with van der Waals surface area (Å²) in [6.45, 7) is 3.87. The number of hydrogen-bond donors (Lipinski definition) is 2. The lowest BCUT2D eigenvalue weighted by Crippen LogP contribution is -2.45. The minimum absolute atomic E-state index is 0.0641. The zero-order valence-corrected chi connectivity index (χ0v) is 12.8. The van der Waals surface area contributed by atoms with Crippen molar-refractivity contribution in [1.82, 2.24) is 10.2 Å². The van der Waals surface area contributed by atoms with E-state index in [1.54, 1.807) is 13.2 Å². The van der Waals surface area contributed by atoms with Crippen molar-refractivity contribution < 1.29 is 9.84 Å². The minimum atomic E-state index is 0.0641. The number of hydrogen-bond acceptors (Lipinski definition) is 4. The molecule has 3 rings (SSSR count). The first-order valence-corrected chi connectivity index (χ1v) is 7.66. The Bertz CT molecular complexity index is 607. The SMILES string of the molecule is COc1ccc(C(c2ccccc2O)N2CCNCC2)cc1. The molecule has 1 atom stereocenters. The van der Waals surface area contributed by atoms with Crippen LogP contribution in [0.4, 0.5) is 0 Å². The van der Waals surface area contributed by atoms with Crippen LogP contribution >= 0.6 is 0 Å². The van der Waals surface area contributed by atoms with E-state index >= 15 is 0 Å². The quantitative estimate of drug-likeness (QED) is 0.910. The minimum Gasteiger partial charge on any atom is -0.508 e. The number of para-hydroxylation sites is 1. The molecule has 116 valence electrons. The van der Waals surface area contributed by atoms with Crippen LogP contribution in [0.5, 0.6) is 11.5 Å². The molecular formula is C18H22N2O2. The van der Waals surface area contributed by atoms with Crippen LogP contribution in [0.25, 0.3) is 0 Å². The number of piperazine rings is 1. The molecule has 4 heteroatoms. The van der Waals surface area contributed by atoms with Gasteiger partial charge in [-0.2, -0.15) is 0 Å². The lowest BCUT2D eigenvalue weighted by atomic mass is 9.95. The summed E-state index contributed by atoms with van der Waals surface area (Å²) in [5.41, 5.74) is 2.12. The maximum Gasteiger partial charge on any atom is 0.120 e. The van der Waals surface area contributed by atoms with Crippen molar-refractivity contribution in [2.24, 2.45) is 0 Å². The first kappa shape index (κ1) is 14.9. The fourth-order valence-electron chi connectivity index (χ4n) is 3.03. The van der Waals surface area contributed by atoms with Crippen molar-refractivity contribution in [3.05, 3.63) is 59.7 Å². The molecule has 0 radical (unpaired) electrons. The highest BCUT2D eigenvalue weighted by molar-refractivity contribution is 5.42. The third-order valence-corrected chi connectivity index (χ3v) is 4.18. The number of rotatable bonds is 4. The summed E-state index contributed by atoms with van der Waals surface area (Å²) in [6.07, 6.45) is 0. The number of ether oxygens (including phenoxy) is 1. The highest BCUT2D eigenvalue weighted by atomic mass is 16.5. The Kier molecular flexibility index (Phi) is 4.61. The highest BCUT2D eigenvalue weighted by Crippen LogP contribution is 2.34. The summed E-state index contributed by atoms with van der Waals surface area (Å²) in [5.74, 6) is 1.20. The number of methoxy groups -OCH3 is 1. The molecule has 0 spiro atoms. The smallest absolute Gasteiger partial charge is 0.120 e. The predicted octanol–water partition coefficient (Wildman–Crippen LogP) is 2.40. The highest BCUT2D eigenvalue weighted by Gasteiger charge is 2.25. The van der Waals surface area contributed by atoms with Gasteiger partial charge < -0.3 is 15.2 Å². The normalized spacial score (nSPS) is 17.1. The van der Waals surface area contributed by atoms with Crippen LogP contribution in [0.1, 0.15) is 17.2 Å². The maximum absolute atomic E-state index is 10.3. The lowest BCUT2D eigenvalue weighted by molar-refractivity contribution is 0.196. The van der Waals surface area contributed by atoms with Crippen LogP contribution in [0.2, 0.25) is 0 Å². The number of aromatic hydroxyl groups is 1. The van der Waals surface area contributed by atoms with Crippen LogP contribution in [0.15, 0.2) is 48.5 Å². The van der Waals surface area contributed by atoms with Crippen LogP contribution < -0.4 is 10.1 Å². The number of benzene rings is 2. The van der Waals surface area contributed by atoms with E-state index in [-0.39, 0.29) is 6.04 Å². The van der Waals surface area contributed by atoms with Crippen molar-refractivity contribution in [3.8, 4) is 11.5 Å². The van der Waals surface area contributed by atoms with E-state index in [4.69, 9.17) is 4.74 Å². The van der Waals surface area contributed by atoms with E-state index in [2.05, 4.69) is 22.3 Å². The molecule has 1 unspecified atom stereocenters. The van der Waals surface area contributed by atoms with Gasteiger partial charge in [-0.05, 0) is 23.8 Å². The van der Waals surface area contributed by atoms with Gasteiger partial charge in [-0.15, -0.1) is 0 Å². The van der Waals surface area contributed by atoms with Gasteiger partial charge >= 0.3 is 0 Å². The third kappa shape index (κ3) is 3.08. The monoisotopic (exact) mass is 298 g/mol. The topological polar surface area (TPSA) is 44.7 Å². The van der Waals surface area contributed by atoms with Gasteiger partial charge in [0.1, 0.15) is 11.5 Å². The largest absolute Gasteiger partial charge is 0.508 e. The average molecular weight is 298 g/mol. The Balaban J connectivity index is 1.99. The van der Waals surface area contributed by atoms with Gasteiger partial charge in [0.25, 0.3) is 0 Å². The summed E-state index contributed by atoms with van der Waals surface area (Å²) < 4.78 is 5.25. The molecule has 2 aromatic carbocycles. The molecule has 0 saturated carbocycles. The molecule has 2 aromatic rings. The molecule has 2 N–H and O–H groups in total. The fraction of sp³-hybridized carbons (Fsp3) is 0.333. The Morgan fingerprint density at radius 1 is 1.05 bits per heavy atom. The number of phenolic OH excluding ortho intramolecular Hbond substituents is 1. The summed E-state index contributed by atoms with van der Waals surface area (Å²) in [5, 5.41) is 13.7. The second-order valence-corrected chi connectivity index (χ2v) is 5.52. The lowest BCUT2D eigenvalue weighted by Gasteiger charge is -2.35. The van der Waals surface area contributed by atoms with E-state index in [0.717, 1.165) is 37.5 Å². The standard InChI is InChI=1S/C18H22N2O2/c1-22-15-8-6-14(7-9-15)18(20-12-10-19-11-13-20)16-4-2-3-5-17(16)21/h2-9,18-19,21H,10-13H2,1H3. The van der Waals surface area contributed by atoms with E-state index in [0.29, 0.717) is 5.75 Å². The number of nitrogens with one attached hydrogen (secondary N) is 1. The van der Waals surface area contributed by atoms with Gasteiger partial charge in [-0.25, -0.2) is 0 Å². The Morgan fingerprint density at radius 2 is 1.73 bits per heavy atom. The van der Waals surface area contributed by atoms with Gasteiger partial charge in [0, 0.05) is 31.7 Å². The van der Waals surface area contributed by atoms with Crippen LogP contribution in [-0.4, -0.2) is 43.3 Å². The number of phenols is 1. The zero-order chi connectivity index (χ0) is 15.4. The molecule has 1 aliphatic heterocycles. The van der Waals surface area contributed by atoms with E-state index in [9.17, 15) is 5.11 Å². The molecule has 0 amide bonds. The van der Waals surface area contributed by atoms with Gasteiger partial charge in [-0.3, -0.25) is 4.90 Å². The van der Waals surface area contributed by atoms with Crippen molar-refractivity contribution >= 4 is 0 Å². The summed E-state index contributed by atoms with van der Waals surface area (Å²) in [4.78, 5) is 2.41. The molecule has 0 aliphatic carbocycles. The summed E-state index contributed by atoms with van der Waals surface area (Å²) in [6, 6.07) is 15.8. The predicted molar refractivity (Wildman–Crippen MR) is 87.4 cm³/mol. The van der Waals surface area contributed by atoms with Crippen molar-refractivity contribution in [2.45, 2.75) is 6.04 Å². The molecule has 0 bridgehead atoms. The first-order chi connectivity index (χ1) is 10.8. The van der Waals surface area contributed by atoms with Gasteiger partial charge in [0.05, 0.1) is 13.2 Å². The number of nitrogens with zero attached hydrogens (tertiary/aromatic N) is 1. The first-order valence-electron chi connectivity index (χ1n) is 7.66. The van der Waals surface area contributed by atoms with Crippen molar-refractivity contribution in [1.29, 1.82) is 0 Å². The van der Waals surface area contributed by atoms with E-state index in [1.807, 2.05) is 30.3 Å². The second-order valence-electron chi connectivity index (χ2n) is 5.52. The summed E-state index contributed by atoms with van der Waals surface area (Å²) in [7, 11) is 1.67. The Hall–Kier alpha value is -2.04. The average Bonchev–Trinajstić information content (AvgIpc) is 2.58. The Morgan fingerprint density at radius 3 is 2.36 bits per heavy atom. The molecule has 0 aromatic heterocycles. The molecule has 1 fully saturated rings. The third-order valence-electron chi connectivity index (χ3n) is 4.18. The summed E-state index contributed by atoms with van der Waals surface area (Å²) >= 11 is 0. The van der Waals surface area contributed by atoms with Gasteiger partial charge in [-0.1, -0.05) is 30.3 Å². The molecule has 1 aliphatic rings. The van der Waals surface area contributed by atoms with Crippen LogP contribution in [0.3, 0.4) is 0 Å². The van der Waals surface area contributed by atoms with Gasteiger partial charge in [0.15, 0.2) is 0 Å². The second kappa shape index (κ2) is 6.81. The fourth-order valence-corrected chi connectivity index (χ4v) is 3.03. The molecule has 22 heavy (non-hydrogen) atoms. The van der Waals surface area contributed by atoms with Crippen LogP contribution in [-0.2, 0) is 0 Å². The van der Waals surface area contributed by atoms with Gasteiger partial charge in [0.2, 0.25) is 0 Å². The van der Waals surface area contributed by atoms with E-state index < -0.39 is 0 Å². The molecular weight excluding hydrogens is 276 g/mol. The van der Waals surface area contributed by atoms with Crippen LogP contribution in [0, 0.1) is 0 Å². The van der Waals surface area contributed by atoms with E-state index in [1.165, 1.54) is 5.56 Å². The Labute approximate surface area is 131 Å². The molecule has 4 nitrogen and oxygen atoms in total. The molecule has 1 saturated heterocycles. The van der Waals surface area contributed by atoms with Crippen molar-refractivity contribution in [3.63, 3.8) is 0 Å². The van der Waals surface area contributed by atoms with Crippen molar-refractivity contribution in [2.75, 3.05) is 33.3 Å².